The van der Waals surface area contributed by atoms with Gasteiger partial charge in [-0.2, -0.15) is 0 Å². The zero-order chi connectivity index (χ0) is 19.3. The molecule has 27 heavy (non-hydrogen) atoms. The van der Waals surface area contributed by atoms with Crippen LogP contribution in [-0.2, 0) is 16.6 Å². The molecule has 0 fully saturated rings. The van der Waals surface area contributed by atoms with Crippen molar-refractivity contribution < 1.29 is 13.2 Å². The number of rotatable bonds is 6. The maximum absolute atomic E-state index is 12.3. The first-order valence-corrected chi connectivity index (χ1v) is 10.0. The molecule has 0 aliphatic heterocycles. The smallest absolute Gasteiger partial charge is 0.261 e. The molecule has 1 amide bonds. The number of amides is 1. The Bertz CT molecular complexity index is 1020. The number of hydrogen-bond donors (Lipinski definition) is 2. The topological polar surface area (TPSA) is 75.3 Å². The van der Waals surface area contributed by atoms with Crippen molar-refractivity contribution in [1.29, 1.82) is 0 Å². The number of carbonyl (C=O) groups is 1. The summed E-state index contributed by atoms with van der Waals surface area (Å²) in [5.74, 6) is -0.248. The van der Waals surface area contributed by atoms with Gasteiger partial charge < -0.3 is 5.32 Å². The number of sulfonamides is 1. The van der Waals surface area contributed by atoms with Crippen molar-refractivity contribution in [3.63, 3.8) is 0 Å². The molecule has 0 aliphatic carbocycles. The third kappa shape index (κ3) is 5.09. The van der Waals surface area contributed by atoms with Crippen molar-refractivity contribution >= 4 is 33.2 Å². The van der Waals surface area contributed by atoms with Crippen LogP contribution in [0.4, 0.5) is 5.69 Å². The Balaban J connectivity index is 1.62. The minimum atomic E-state index is -3.66. The third-order valence-electron chi connectivity index (χ3n) is 3.82. The summed E-state index contributed by atoms with van der Waals surface area (Å²) in [5, 5.41) is 3.45. The molecule has 3 aromatic carbocycles. The molecule has 0 aromatic heterocycles. The minimum absolute atomic E-state index is 0.176. The second-order valence-electron chi connectivity index (χ2n) is 5.81. The van der Waals surface area contributed by atoms with Crippen LogP contribution in [0.2, 0.25) is 5.02 Å². The average Bonchev–Trinajstić information content (AvgIpc) is 2.68. The molecule has 3 aromatic rings. The largest absolute Gasteiger partial charge is 0.348 e. The van der Waals surface area contributed by atoms with E-state index in [1.807, 2.05) is 12.1 Å². The van der Waals surface area contributed by atoms with Gasteiger partial charge in [-0.15, -0.1) is 0 Å². The molecule has 0 unspecified atom stereocenters. The Morgan fingerprint density at radius 1 is 0.852 bits per heavy atom. The van der Waals surface area contributed by atoms with Crippen LogP contribution in [-0.4, -0.2) is 14.3 Å². The van der Waals surface area contributed by atoms with E-state index in [1.165, 1.54) is 12.1 Å². The van der Waals surface area contributed by atoms with E-state index >= 15 is 0 Å². The molecule has 0 saturated carbocycles. The van der Waals surface area contributed by atoms with E-state index in [0.717, 1.165) is 5.56 Å². The highest BCUT2D eigenvalue weighted by atomic mass is 35.5. The summed E-state index contributed by atoms with van der Waals surface area (Å²) in [5.41, 5.74) is 1.75. The SMILES string of the molecule is O=C(NCc1ccc(Cl)cc1)c1ccc(NS(=O)(=O)c2ccccc2)cc1. The van der Waals surface area contributed by atoms with Crippen LogP contribution >= 0.6 is 11.6 Å². The standard InChI is InChI=1S/C20H17ClN2O3S/c21-17-10-6-15(7-11-17)14-22-20(24)16-8-12-18(13-9-16)23-27(25,26)19-4-2-1-3-5-19/h1-13,23H,14H2,(H,22,24). The number of nitrogens with one attached hydrogen (secondary N) is 2. The number of benzene rings is 3. The van der Waals surface area contributed by atoms with Gasteiger partial charge in [-0.25, -0.2) is 8.42 Å². The second-order valence-corrected chi connectivity index (χ2v) is 7.92. The van der Waals surface area contributed by atoms with E-state index in [0.29, 0.717) is 22.8 Å². The third-order valence-corrected chi connectivity index (χ3v) is 5.47. The predicted molar refractivity (Wildman–Crippen MR) is 106 cm³/mol. The zero-order valence-electron chi connectivity index (χ0n) is 14.2. The van der Waals surface area contributed by atoms with Crippen LogP contribution in [0.1, 0.15) is 15.9 Å². The summed E-state index contributed by atoms with van der Waals surface area (Å²) in [7, 11) is -3.66. The molecule has 0 aliphatic rings. The molecule has 0 spiro atoms. The molecule has 0 atom stereocenters. The van der Waals surface area contributed by atoms with E-state index in [1.54, 1.807) is 54.6 Å². The molecule has 0 saturated heterocycles. The highest BCUT2D eigenvalue weighted by Crippen LogP contribution is 2.16. The lowest BCUT2D eigenvalue weighted by Gasteiger charge is -2.09. The van der Waals surface area contributed by atoms with Gasteiger partial charge in [-0.05, 0) is 54.1 Å². The highest BCUT2D eigenvalue weighted by molar-refractivity contribution is 7.92. The number of hydrogen-bond acceptors (Lipinski definition) is 3. The van der Waals surface area contributed by atoms with Gasteiger partial charge in [0.15, 0.2) is 0 Å². The minimum Gasteiger partial charge on any atom is -0.348 e. The van der Waals surface area contributed by atoms with Gasteiger partial charge >= 0.3 is 0 Å². The molecule has 0 heterocycles. The monoisotopic (exact) mass is 400 g/mol. The fourth-order valence-electron chi connectivity index (χ4n) is 2.39. The molecule has 0 radical (unpaired) electrons. The van der Waals surface area contributed by atoms with Gasteiger partial charge in [0.25, 0.3) is 15.9 Å². The summed E-state index contributed by atoms with van der Waals surface area (Å²) in [6.07, 6.45) is 0. The Hall–Kier alpha value is -2.83. The first kappa shape index (κ1) is 18.9. The molecule has 138 valence electrons. The van der Waals surface area contributed by atoms with Crippen molar-refractivity contribution in [3.05, 3.63) is 95.0 Å². The summed E-state index contributed by atoms with van der Waals surface area (Å²) in [4.78, 5) is 12.4. The van der Waals surface area contributed by atoms with E-state index in [4.69, 9.17) is 11.6 Å². The number of anilines is 1. The average molecular weight is 401 g/mol. The second kappa shape index (κ2) is 8.24. The van der Waals surface area contributed by atoms with Gasteiger partial charge in [0.1, 0.15) is 0 Å². The zero-order valence-corrected chi connectivity index (χ0v) is 15.8. The maximum atomic E-state index is 12.3. The van der Waals surface area contributed by atoms with Gasteiger partial charge in [0, 0.05) is 22.8 Å². The van der Waals surface area contributed by atoms with Crippen molar-refractivity contribution in [2.24, 2.45) is 0 Å². The van der Waals surface area contributed by atoms with Crippen LogP contribution in [0.3, 0.4) is 0 Å². The molecule has 0 bridgehead atoms. The highest BCUT2D eigenvalue weighted by Gasteiger charge is 2.13. The fourth-order valence-corrected chi connectivity index (χ4v) is 3.60. The van der Waals surface area contributed by atoms with Crippen LogP contribution in [0, 0.1) is 0 Å². The Kier molecular flexibility index (Phi) is 5.78. The molecule has 5 nitrogen and oxygen atoms in total. The van der Waals surface area contributed by atoms with Gasteiger partial charge in [0.2, 0.25) is 0 Å². The van der Waals surface area contributed by atoms with Crippen molar-refractivity contribution in [1.82, 2.24) is 5.32 Å². The van der Waals surface area contributed by atoms with Crippen molar-refractivity contribution in [2.45, 2.75) is 11.4 Å². The lowest BCUT2D eigenvalue weighted by molar-refractivity contribution is 0.0951. The van der Waals surface area contributed by atoms with Crippen molar-refractivity contribution in [3.8, 4) is 0 Å². The fraction of sp³-hybridized carbons (Fsp3) is 0.0500. The number of carbonyl (C=O) groups excluding carboxylic acids is 1. The maximum Gasteiger partial charge on any atom is 0.261 e. The molecule has 2 N–H and O–H groups in total. The summed E-state index contributed by atoms with van der Waals surface area (Å²) in [6.45, 7) is 0.373. The van der Waals surface area contributed by atoms with Crippen LogP contribution in [0.25, 0.3) is 0 Å². The van der Waals surface area contributed by atoms with E-state index in [-0.39, 0.29) is 10.8 Å². The Morgan fingerprint density at radius 2 is 1.48 bits per heavy atom. The van der Waals surface area contributed by atoms with Crippen LogP contribution < -0.4 is 10.0 Å². The van der Waals surface area contributed by atoms with Gasteiger partial charge in [-0.1, -0.05) is 41.9 Å². The number of halogens is 1. The van der Waals surface area contributed by atoms with E-state index in [2.05, 4.69) is 10.0 Å². The van der Waals surface area contributed by atoms with Crippen LogP contribution in [0.5, 0.6) is 0 Å². The normalized spacial score (nSPS) is 11.0. The quantitative estimate of drug-likeness (QED) is 0.654. The molecular weight excluding hydrogens is 384 g/mol. The summed E-state index contributed by atoms with van der Waals surface area (Å²) >= 11 is 5.83. The lowest BCUT2D eigenvalue weighted by atomic mass is 10.2. The van der Waals surface area contributed by atoms with E-state index < -0.39 is 10.0 Å². The molecule has 7 heteroatoms. The lowest BCUT2D eigenvalue weighted by Crippen LogP contribution is -2.22. The Morgan fingerprint density at radius 3 is 2.11 bits per heavy atom. The summed E-state index contributed by atoms with van der Waals surface area (Å²) in [6, 6.07) is 21.5. The van der Waals surface area contributed by atoms with Gasteiger partial charge in [-0.3, -0.25) is 9.52 Å². The predicted octanol–water partition coefficient (Wildman–Crippen LogP) is 4.07. The first-order chi connectivity index (χ1) is 12.9. The molecule has 3 rings (SSSR count). The Labute approximate surface area is 163 Å². The van der Waals surface area contributed by atoms with Crippen molar-refractivity contribution in [2.75, 3.05) is 4.72 Å². The summed E-state index contributed by atoms with van der Waals surface area (Å²) < 4.78 is 27.1. The molecular formula is C20H17ClN2O3S. The van der Waals surface area contributed by atoms with Gasteiger partial charge in [0.05, 0.1) is 4.90 Å². The van der Waals surface area contributed by atoms with Crippen LogP contribution in [0.15, 0.2) is 83.8 Å². The van der Waals surface area contributed by atoms with E-state index in [9.17, 15) is 13.2 Å². The first-order valence-electron chi connectivity index (χ1n) is 8.15.